The molecule has 0 radical (unpaired) electrons. The Balaban J connectivity index is -0.00000000872. The number of rotatable bonds is 2. The Morgan fingerprint density at radius 2 is 1.43 bits per heavy atom. The van der Waals surface area contributed by atoms with Crippen LogP contribution in [0.3, 0.4) is 0 Å². The molecule has 0 aliphatic carbocycles. The van der Waals surface area contributed by atoms with Gasteiger partial charge in [-0.05, 0) is 0 Å². The fourth-order valence-electron chi connectivity index (χ4n) is 0. The first-order valence-corrected chi connectivity index (χ1v) is 1.70. The van der Waals surface area contributed by atoms with E-state index in [1.165, 1.54) is 0 Å². The Morgan fingerprint density at radius 3 is 1.43 bits per heavy atom. The minimum Gasteiger partial charge on any atom is -0.662 e. The monoisotopic (exact) mass is 220 g/mol. The van der Waals surface area contributed by atoms with E-state index < -0.39 is 0 Å². The van der Waals surface area contributed by atoms with E-state index in [0.29, 0.717) is 0 Å². The van der Waals surface area contributed by atoms with Crippen LogP contribution in [0.1, 0.15) is 17.7 Å². The Labute approximate surface area is 83.0 Å². The van der Waals surface area contributed by atoms with Crippen LogP contribution < -0.4 is 5.26 Å². The van der Waals surface area contributed by atoms with Gasteiger partial charge in [-0.2, -0.15) is 9.59 Å². The molecule has 0 amide bonds. The van der Waals surface area contributed by atoms with E-state index in [1.54, 1.807) is 0 Å². The highest BCUT2D eigenvalue weighted by molar-refractivity contribution is 5.35. The highest BCUT2D eigenvalue weighted by atomic mass is 17.1. The predicted octanol–water partition coefficient (Wildman–Crippen LogP) is -1.71. The van der Waals surface area contributed by atoms with E-state index in [1.807, 2.05) is 0 Å². The summed E-state index contributed by atoms with van der Waals surface area (Å²) >= 11 is 0. The van der Waals surface area contributed by atoms with E-state index >= 15 is 0 Å². The average Bonchev–Trinajstić information content (AvgIpc) is 2.06. The van der Waals surface area contributed by atoms with Crippen LogP contribution in [0.4, 0.5) is 0 Å². The highest BCUT2D eigenvalue weighted by Crippen LogP contribution is 1.33. The number of hydrogen-bond donors (Lipinski definition) is 1. The van der Waals surface area contributed by atoms with Crippen molar-refractivity contribution in [2.75, 3.05) is 0 Å². The van der Waals surface area contributed by atoms with Crippen LogP contribution in [0.15, 0.2) is 0 Å². The summed E-state index contributed by atoms with van der Waals surface area (Å²) in [6.07, 6.45) is 0.250. The molecule has 0 spiro atoms. The highest BCUT2D eigenvalue weighted by Gasteiger charge is 1.47. The topological polar surface area (TPSA) is 162 Å². The van der Waals surface area contributed by atoms with Gasteiger partial charge < -0.3 is 20.5 Å². The van der Waals surface area contributed by atoms with Crippen molar-refractivity contribution in [2.45, 2.75) is 14.9 Å². The molecule has 0 aromatic carbocycles. The lowest BCUT2D eigenvalue weighted by atomic mass is 11.7. The molecule has 0 aliphatic heterocycles. The molecule has 0 bridgehead atoms. The van der Waals surface area contributed by atoms with Gasteiger partial charge in [-0.3, -0.25) is 9.59 Å². The molecular formula is C5H16O9. The fourth-order valence-corrected chi connectivity index (χ4v) is 0. The maximum absolute atomic E-state index is 8.70. The Kier molecular flexibility index (Phi) is 324. The van der Waals surface area contributed by atoms with Crippen molar-refractivity contribution in [3.63, 3.8) is 0 Å². The Morgan fingerprint density at radius 1 is 1.29 bits per heavy atom. The molecule has 3 N–H and O–H groups in total. The minimum atomic E-state index is -0.181. The molecule has 9 nitrogen and oxygen atoms in total. The second kappa shape index (κ2) is 114. The standard InChI is InChI=1S/2CH2O3.CO2.2CH4.H2O.H2/c2*2-1-4-3;2-1-3;;;;/h2*1,3H;;2*1H4;1H2;1H. The van der Waals surface area contributed by atoms with Gasteiger partial charge >= 0.3 is 14.1 Å². The summed E-state index contributed by atoms with van der Waals surface area (Å²) < 4.78 is 0. The SMILES string of the molecule is C.C.O.O=C=O.O=COO.O=CO[O-].[H+].[HH]. The Bertz CT molecular complexity index is 106. The van der Waals surface area contributed by atoms with Crippen LogP contribution >= 0.6 is 0 Å². The van der Waals surface area contributed by atoms with Crippen molar-refractivity contribution in [1.82, 2.24) is 0 Å². The van der Waals surface area contributed by atoms with Crippen LogP contribution in [-0.4, -0.2) is 29.8 Å². The molecule has 0 unspecified atom stereocenters. The van der Waals surface area contributed by atoms with Crippen molar-refractivity contribution >= 4 is 19.1 Å². The maximum Gasteiger partial charge on any atom is 1.00 e. The molecule has 0 saturated carbocycles. The lowest BCUT2D eigenvalue weighted by molar-refractivity contribution is -0.652. The summed E-state index contributed by atoms with van der Waals surface area (Å²) in [5.74, 6) is 0. The summed E-state index contributed by atoms with van der Waals surface area (Å²) in [4.78, 5) is 39.1. The predicted molar refractivity (Wildman–Crippen MR) is 42.2 cm³/mol. The average molecular weight is 220 g/mol. The maximum atomic E-state index is 8.70. The van der Waals surface area contributed by atoms with Crippen molar-refractivity contribution in [1.29, 1.82) is 0 Å². The molecule has 0 atom stereocenters. The van der Waals surface area contributed by atoms with Crippen molar-refractivity contribution in [3.8, 4) is 0 Å². The van der Waals surface area contributed by atoms with Gasteiger partial charge in [0.2, 0.25) is 0 Å². The van der Waals surface area contributed by atoms with Gasteiger partial charge in [0.1, 0.15) is 0 Å². The van der Waals surface area contributed by atoms with Crippen molar-refractivity contribution < 1.29 is 47.8 Å². The number of carbonyl (C=O) groups is 2. The van der Waals surface area contributed by atoms with Crippen LogP contribution in [0.25, 0.3) is 0 Å². The number of carbonyl (C=O) groups excluding carboxylic acids is 4. The molecule has 0 aliphatic rings. The van der Waals surface area contributed by atoms with Crippen LogP contribution in [-0.2, 0) is 29.0 Å². The van der Waals surface area contributed by atoms with Crippen LogP contribution in [0.5, 0.6) is 0 Å². The first kappa shape index (κ1) is 39.8. The molecule has 90 valence electrons. The Hall–Kier alpha value is -1.80. The first-order valence-electron chi connectivity index (χ1n) is 1.70. The van der Waals surface area contributed by atoms with Gasteiger partial charge in [0.25, 0.3) is 6.47 Å². The normalized spacial score (nSPS) is 3.57. The molecule has 0 aromatic rings. The molecule has 0 heterocycles. The van der Waals surface area contributed by atoms with Gasteiger partial charge in [0.15, 0.2) is 0 Å². The quantitative estimate of drug-likeness (QED) is 0.326. The van der Waals surface area contributed by atoms with Crippen LogP contribution in [0, 0.1) is 0 Å². The molecule has 14 heavy (non-hydrogen) atoms. The smallest absolute Gasteiger partial charge is 0.662 e. The molecule has 0 saturated heterocycles. The van der Waals surface area contributed by atoms with Gasteiger partial charge in [0, 0.05) is 1.43 Å². The molecule has 0 aromatic heterocycles. The van der Waals surface area contributed by atoms with Gasteiger partial charge in [-0.25, -0.2) is 5.26 Å². The van der Waals surface area contributed by atoms with E-state index in [4.69, 9.17) is 29.7 Å². The molecule has 9 heteroatoms. The zero-order chi connectivity index (χ0) is 9.54. The lowest BCUT2D eigenvalue weighted by Gasteiger charge is -1.88. The number of hydrogen-bond acceptors (Lipinski definition) is 8. The molecule has 0 fully saturated rings. The summed E-state index contributed by atoms with van der Waals surface area (Å²) in [6.45, 7) is -0.250. The fraction of sp³-hybridized carbons (Fsp3) is 0.400. The van der Waals surface area contributed by atoms with Gasteiger partial charge in [0.05, 0.1) is 0 Å². The van der Waals surface area contributed by atoms with E-state index in [9.17, 15) is 0 Å². The summed E-state index contributed by atoms with van der Waals surface area (Å²) in [6, 6.07) is 0. The van der Waals surface area contributed by atoms with Crippen molar-refractivity contribution in [3.05, 3.63) is 0 Å². The summed E-state index contributed by atoms with van der Waals surface area (Å²) in [7, 11) is 0. The van der Waals surface area contributed by atoms with Gasteiger partial charge in [-0.15, -0.1) is 0 Å². The zero-order valence-electron chi connectivity index (χ0n) is 6.46. The summed E-state index contributed by atoms with van der Waals surface area (Å²) in [5, 5.41) is 15.4. The largest absolute Gasteiger partial charge is 1.00 e. The van der Waals surface area contributed by atoms with Crippen molar-refractivity contribution in [2.24, 2.45) is 0 Å². The van der Waals surface area contributed by atoms with Crippen LogP contribution in [0.2, 0.25) is 0 Å². The second-order valence-corrected chi connectivity index (χ2v) is 0.477. The zero-order valence-corrected chi connectivity index (χ0v) is 5.46. The third-order valence-electron chi connectivity index (χ3n) is 0.0823. The van der Waals surface area contributed by atoms with E-state index in [0.717, 1.165) is 0 Å². The second-order valence-electron chi connectivity index (χ2n) is 0.477. The molecular weight excluding hydrogens is 204 g/mol. The minimum absolute atomic E-state index is 0. The third-order valence-corrected chi connectivity index (χ3v) is 0.0823. The van der Waals surface area contributed by atoms with E-state index in [2.05, 4.69) is 9.78 Å². The summed E-state index contributed by atoms with van der Waals surface area (Å²) in [5.41, 5.74) is 0. The lowest BCUT2D eigenvalue weighted by Crippen LogP contribution is -2.00. The molecule has 0 rings (SSSR count). The third kappa shape index (κ3) is 21600. The van der Waals surface area contributed by atoms with Gasteiger partial charge in [-0.1, -0.05) is 14.9 Å². The first-order chi connectivity index (χ1) is 5.24. The van der Waals surface area contributed by atoms with E-state index in [-0.39, 0.29) is 42.3 Å².